The minimum atomic E-state index is -0.296. The van der Waals surface area contributed by atoms with Crippen LogP contribution in [0.5, 0.6) is 0 Å². The highest BCUT2D eigenvalue weighted by Crippen LogP contribution is 2.27. The van der Waals surface area contributed by atoms with Crippen molar-refractivity contribution in [2.45, 2.75) is 6.42 Å². The Kier molecular flexibility index (Phi) is 3.12. The van der Waals surface area contributed by atoms with Crippen molar-refractivity contribution in [2.24, 2.45) is 0 Å². The summed E-state index contributed by atoms with van der Waals surface area (Å²) >= 11 is 12.4. The quantitative estimate of drug-likeness (QED) is 0.674. The Labute approximate surface area is 118 Å². The predicted octanol–water partition coefficient (Wildman–Crippen LogP) is 3.77. The molecule has 0 atom stereocenters. The maximum absolute atomic E-state index is 13.7. The van der Waals surface area contributed by atoms with Gasteiger partial charge in [0, 0.05) is 18.1 Å². The van der Waals surface area contributed by atoms with Crippen molar-refractivity contribution in [3.8, 4) is 0 Å². The van der Waals surface area contributed by atoms with Crippen LogP contribution in [0.3, 0.4) is 0 Å². The number of benzene rings is 1. The second-order valence-electron chi connectivity index (χ2n) is 4.04. The second-order valence-corrected chi connectivity index (χ2v) is 4.76. The summed E-state index contributed by atoms with van der Waals surface area (Å²) < 4.78 is 15.1. The van der Waals surface area contributed by atoms with E-state index >= 15 is 0 Å². The van der Waals surface area contributed by atoms with Crippen molar-refractivity contribution < 1.29 is 4.39 Å². The van der Waals surface area contributed by atoms with Crippen LogP contribution >= 0.6 is 23.2 Å². The molecular weight excluding hydrogens is 288 g/mol. The highest BCUT2D eigenvalue weighted by Gasteiger charge is 2.15. The summed E-state index contributed by atoms with van der Waals surface area (Å²) in [5.74, 6) is -0.296. The summed E-state index contributed by atoms with van der Waals surface area (Å²) in [4.78, 5) is 4.18. The number of hydrogen-bond donors (Lipinski definition) is 0. The summed E-state index contributed by atoms with van der Waals surface area (Å²) in [6.07, 6.45) is 1.85. The summed E-state index contributed by atoms with van der Waals surface area (Å²) in [5, 5.41) is 4.67. The van der Waals surface area contributed by atoms with Crippen LogP contribution in [0, 0.1) is 5.82 Å². The van der Waals surface area contributed by atoms with E-state index in [4.69, 9.17) is 23.2 Å². The van der Waals surface area contributed by atoms with Crippen molar-refractivity contribution in [3.05, 3.63) is 63.8 Å². The van der Waals surface area contributed by atoms with Gasteiger partial charge >= 0.3 is 0 Å². The summed E-state index contributed by atoms with van der Waals surface area (Å²) in [6, 6.07) is 8.19. The van der Waals surface area contributed by atoms with Crippen molar-refractivity contribution in [1.82, 2.24) is 14.6 Å². The van der Waals surface area contributed by atoms with Gasteiger partial charge in [0.15, 0.2) is 5.65 Å². The monoisotopic (exact) mass is 295 g/mol. The summed E-state index contributed by atoms with van der Waals surface area (Å²) in [7, 11) is 0. The Bertz CT molecular complexity index is 755. The lowest BCUT2D eigenvalue weighted by atomic mass is 10.1. The van der Waals surface area contributed by atoms with Gasteiger partial charge < -0.3 is 0 Å². The average Bonchev–Trinajstić information content (AvgIpc) is 2.84. The number of fused-ring (bicyclic) bond motifs is 1. The number of aromatic nitrogens is 3. The van der Waals surface area contributed by atoms with Crippen LogP contribution in [0.15, 0.2) is 36.5 Å². The van der Waals surface area contributed by atoms with E-state index in [-0.39, 0.29) is 17.4 Å². The number of rotatable bonds is 2. The van der Waals surface area contributed by atoms with E-state index in [1.54, 1.807) is 30.5 Å². The molecule has 0 aliphatic heterocycles. The summed E-state index contributed by atoms with van der Waals surface area (Å²) in [5.41, 5.74) is 1.64. The maximum Gasteiger partial charge on any atom is 0.158 e. The zero-order valence-corrected chi connectivity index (χ0v) is 11.2. The Balaban J connectivity index is 2.12. The molecule has 3 aromatic rings. The molecule has 0 unspecified atom stereocenters. The van der Waals surface area contributed by atoms with Gasteiger partial charge in [-0.2, -0.15) is 5.10 Å². The molecule has 2 aromatic heterocycles. The van der Waals surface area contributed by atoms with E-state index in [0.29, 0.717) is 21.9 Å². The molecule has 0 N–H and O–H groups in total. The van der Waals surface area contributed by atoms with Gasteiger partial charge in [-0.15, -0.1) is 0 Å². The Morgan fingerprint density at radius 3 is 2.74 bits per heavy atom. The molecule has 2 heterocycles. The van der Waals surface area contributed by atoms with Crippen molar-refractivity contribution >= 4 is 28.8 Å². The number of hydrogen-bond acceptors (Lipinski definition) is 2. The third-order valence-corrected chi connectivity index (χ3v) is 3.55. The Hall–Kier alpha value is -1.65. The fourth-order valence-corrected chi connectivity index (χ4v) is 2.47. The smallest absolute Gasteiger partial charge is 0.158 e. The molecule has 3 rings (SSSR count). The fourth-order valence-electron chi connectivity index (χ4n) is 1.89. The molecule has 0 radical (unpaired) electrons. The molecule has 1 aromatic carbocycles. The minimum Gasteiger partial charge on any atom is -0.216 e. The van der Waals surface area contributed by atoms with Gasteiger partial charge in [0.1, 0.15) is 16.1 Å². The molecule has 0 fully saturated rings. The highest BCUT2D eigenvalue weighted by atomic mass is 35.5. The minimum absolute atomic E-state index is 0.265. The van der Waals surface area contributed by atoms with E-state index < -0.39 is 0 Å². The van der Waals surface area contributed by atoms with Crippen LogP contribution in [0.1, 0.15) is 11.1 Å². The normalized spacial score (nSPS) is 11.1. The molecule has 0 saturated carbocycles. The number of halogens is 3. The largest absolute Gasteiger partial charge is 0.216 e. The maximum atomic E-state index is 13.7. The lowest BCUT2D eigenvalue weighted by Crippen LogP contribution is -2.02. The molecule has 0 bridgehead atoms. The molecule has 19 heavy (non-hydrogen) atoms. The number of nitrogens with zero attached hydrogens (tertiary/aromatic N) is 3. The van der Waals surface area contributed by atoms with Gasteiger partial charge in [0.05, 0.1) is 6.20 Å². The first-order valence-electron chi connectivity index (χ1n) is 5.58. The topological polar surface area (TPSA) is 30.2 Å². The van der Waals surface area contributed by atoms with Crippen molar-refractivity contribution in [3.63, 3.8) is 0 Å². The fraction of sp³-hybridized carbons (Fsp3) is 0.0769. The molecule has 0 aliphatic carbocycles. The first-order valence-corrected chi connectivity index (χ1v) is 6.33. The molecule has 0 amide bonds. The van der Waals surface area contributed by atoms with Crippen LogP contribution in [-0.4, -0.2) is 14.6 Å². The predicted molar refractivity (Wildman–Crippen MR) is 72.2 cm³/mol. The van der Waals surface area contributed by atoms with Crippen LogP contribution in [0.25, 0.3) is 5.65 Å². The lowest BCUT2D eigenvalue weighted by molar-refractivity contribution is 0.613. The van der Waals surface area contributed by atoms with E-state index in [0.717, 1.165) is 0 Å². The van der Waals surface area contributed by atoms with Crippen molar-refractivity contribution in [2.75, 3.05) is 0 Å². The zero-order chi connectivity index (χ0) is 13.4. The molecule has 0 spiro atoms. The SMILES string of the molecule is Fc1ccccc1Cc1c(Cl)nc2ccnn2c1Cl. The van der Waals surface area contributed by atoms with Crippen LogP contribution in [0.4, 0.5) is 4.39 Å². The van der Waals surface area contributed by atoms with Gasteiger partial charge in [-0.25, -0.2) is 13.9 Å². The molecule has 6 heteroatoms. The Morgan fingerprint density at radius 2 is 1.95 bits per heavy atom. The third-order valence-electron chi connectivity index (χ3n) is 2.84. The van der Waals surface area contributed by atoms with Crippen LogP contribution < -0.4 is 0 Å². The van der Waals surface area contributed by atoms with Gasteiger partial charge in [-0.1, -0.05) is 41.4 Å². The van der Waals surface area contributed by atoms with Gasteiger partial charge in [-0.3, -0.25) is 0 Å². The van der Waals surface area contributed by atoms with Gasteiger partial charge in [0.2, 0.25) is 0 Å². The second kappa shape index (κ2) is 4.79. The van der Waals surface area contributed by atoms with Crippen LogP contribution in [0.2, 0.25) is 10.3 Å². The third kappa shape index (κ3) is 2.17. The van der Waals surface area contributed by atoms with E-state index in [2.05, 4.69) is 10.1 Å². The van der Waals surface area contributed by atoms with E-state index in [9.17, 15) is 4.39 Å². The molecule has 96 valence electrons. The van der Waals surface area contributed by atoms with E-state index in [1.165, 1.54) is 10.6 Å². The van der Waals surface area contributed by atoms with Crippen LogP contribution in [-0.2, 0) is 6.42 Å². The zero-order valence-electron chi connectivity index (χ0n) is 9.65. The van der Waals surface area contributed by atoms with Gasteiger partial charge in [0.25, 0.3) is 0 Å². The standard InChI is InChI=1S/C13H8Cl2FN3/c14-12-9(7-8-3-1-2-4-10(8)16)13(15)19-11(18-12)5-6-17-19/h1-6H,7H2. The first kappa shape index (κ1) is 12.4. The molecular formula is C13H8Cl2FN3. The first-order chi connectivity index (χ1) is 9.16. The molecule has 0 aliphatic rings. The lowest BCUT2D eigenvalue weighted by Gasteiger charge is -2.08. The highest BCUT2D eigenvalue weighted by molar-refractivity contribution is 6.34. The average molecular weight is 296 g/mol. The molecule has 0 saturated heterocycles. The van der Waals surface area contributed by atoms with Gasteiger partial charge in [-0.05, 0) is 11.6 Å². The van der Waals surface area contributed by atoms with Crippen molar-refractivity contribution in [1.29, 1.82) is 0 Å². The van der Waals surface area contributed by atoms with E-state index in [1.807, 2.05) is 0 Å². The Morgan fingerprint density at radius 1 is 1.16 bits per heavy atom. The molecule has 3 nitrogen and oxygen atoms in total. The summed E-state index contributed by atoms with van der Waals surface area (Å²) in [6.45, 7) is 0.